The number of nitrogens with one attached hydrogen (secondary N) is 1. The summed E-state index contributed by atoms with van der Waals surface area (Å²) in [6, 6.07) is 7.75. The van der Waals surface area contributed by atoms with Crippen LogP contribution < -0.4 is 5.69 Å². The number of benzene rings is 1. The maximum absolute atomic E-state index is 12.5. The van der Waals surface area contributed by atoms with Crippen LogP contribution in [0.25, 0.3) is 28.1 Å². The lowest BCUT2D eigenvalue weighted by Crippen LogP contribution is -2.18. The van der Waals surface area contributed by atoms with E-state index in [9.17, 15) is 4.79 Å². The second-order valence-electron chi connectivity index (χ2n) is 7.12. The van der Waals surface area contributed by atoms with Crippen molar-refractivity contribution in [2.75, 3.05) is 0 Å². The molecule has 0 spiro atoms. The first-order valence-electron chi connectivity index (χ1n) is 12.3. The Balaban J connectivity index is 0.000000647. The summed E-state index contributed by atoms with van der Waals surface area (Å²) in [5.74, 6) is 0.459. The van der Waals surface area contributed by atoms with E-state index in [0.717, 1.165) is 11.0 Å². The van der Waals surface area contributed by atoms with E-state index in [2.05, 4.69) is 43.8 Å². The van der Waals surface area contributed by atoms with Crippen molar-refractivity contribution in [1.82, 2.24) is 39.0 Å². The Morgan fingerprint density at radius 3 is 2.34 bits per heavy atom. The van der Waals surface area contributed by atoms with Crippen LogP contribution in [0.5, 0.6) is 0 Å². The van der Waals surface area contributed by atoms with Crippen molar-refractivity contribution >= 4 is 22.2 Å². The monoisotopic (exact) mass is 478 g/mol. The molecular weight excluding hydrogens is 440 g/mol. The fourth-order valence-corrected chi connectivity index (χ4v) is 3.10. The lowest BCUT2D eigenvalue weighted by molar-refractivity contribution is 0.749. The van der Waals surface area contributed by atoms with Crippen LogP contribution in [0.1, 0.15) is 67.2 Å². The third-order valence-corrected chi connectivity index (χ3v) is 4.90. The molecule has 0 atom stereocenters. The molecule has 5 rings (SSSR count). The van der Waals surface area contributed by atoms with Gasteiger partial charge in [0.05, 0.1) is 35.2 Å². The quantitative estimate of drug-likeness (QED) is 0.354. The maximum atomic E-state index is 12.5. The minimum absolute atomic E-state index is 0. The van der Waals surface area contributed by atoms with Gasteiger partial charge in [-0.25, -0.2) is 14.8 Å². The number of unbranched alkanes of at least 4 members (excludes halogenated alkanes) is 1. The minimum Gasteiger partial charge on any atom is -0.303 e. The van der Waals surface area contributed by atoms with Gasteiger partial charge >= 0.3 is 5.69 Å². The third kappa shape index (κ3) is 6.38. The van der Waals surface area contributed by atoms with Gasteiger partial charge < -0.3 is 4.98 Å². The largest absolute Gasteiger partial charge is 0.328 e. The molecule has 1 aromatic carbocycles. The van der Waals surface area contributed by atoms with E-state index in [0.29, 0.717) is 28.5 Å². The Kier molecular flexibility index (Phi) is 10.7. The molecule has 188 valence electrons. The zero-order valence-electron chi connectivity index (χ0n) is 21.8. The molecule has 0 saturated carbocycles. The van der Waals surface area contributed by atoms with E-state index in [1.165, 1.54) is 17.4 Å². The van der Waals surface area contributed by atoms with E-state index < -0.39 is 0 Å². The molecule has 0 aliphatic heterocycles. The summed E-state index contributed by atoms with van der Waals surface area (Å²) in [7, 11) is 0. The highest BCUT2D eigenvalue weighted by atomic mass is 16.1. The van der Waals surface area contributed by atoms with Gasteiger partial charge in [-0.05, 0) is 19.1 Å². The van der Waals surface area contributed by atoms with Crippen LogP contribution in [-0.2, 0) is 6.54 Å². The zero-order chi connectivity index (χ0) is 25.8. The highest BCUT2D eigenvalue weighted by Crippen LogP contribution is 2.19. The van der Waals surface area contributed by atoms with Crippen LogP contribution in [0.4, 0.5) is 0 Å². The summed E-state index contributed by atoms with van der Waals surface area (Å²) in [4.78, 5) is 37.2. The van der Waals surface area contributed by atoms with Gasteiger partial charge in [-0.15, -0.1) is 0 Å². The number of aromatic amines is 1. The van der Waals surface area contributed by atoms with Crippen molar-refractivity contribution in [3.63, 3.8) is 0 Å². The predicted molar refractivity (Wildman–Crippen MR) is 144 cm³/mol. The number of aryl methyl sites for hydroxylation is 1. The number of fused-ring (bicyclic) bond motifs is 2. The second-order valence-corrected chi connectivity index (χ2v) is 7.12. The number of H-pyrrole nitrogens is 1. The Morgan fingerprint density at radius 1 is 0.971 bits per heavy atom. The van der Waals surface area contributed by atoms with E-state index in [1.807, 2.05) is 63.5 Å². The predicted octanol–water partition coefficient (Wildman–Crippen LogP) is 5.71. The molecule has 0 unspecified atom stereocenters. The van der Waals surface area contributed by atoms with Crippen molar-refractivity contribution in [1.29, 1.82) is 0 Å². The number of hydrogen-bond acceptors (Lipinski definition) is 6. The number of nitrogens with zero attached hydrogens (tertiary/aromatic N) is 7. The Hall–Kier alpha value is -3.88. The molecule has 0 saturated heterocycles. The highest BCUT2D eigenvalue weighted by molar-refractivity contribution is 5.78. The summed E-state index contributed by atoms with van der Waals surface area (Å²) < 4.78 is 3.35. The van der Waals surface area contributed by atoms with Crippen LogP contribution in [0.2, 0.25) is 0 Å². The molecule has 4 heterocycles. The van der Waals surface area contributed by atoms with Crippen LogP contribution in [0, 0.1) is 6.92 Å². The SMILES string of the molecule is CC.CC.CCCC.Cc1nc(-n2cnc3ccccc32)nc2c1[nH]c(=O)n2Cc1cnccn1.[HH]. The van der Waals surface area contributed by atoms with Crippen LogP contribution >= 0.6 is 0 Å². The Labute approximate surface area is 207 Å². The van der Waals surface area contributed by atoms with Gasteiger partial charge in [-0.2, -0.15) is 4.98 Å². The molecule has 4 aromatic heterocycles. The van der Waals surface area contributed by atoms with Crippen molar-refractivity contribution in [2.24, 2.45) is 0 Å². The van der Waals surface area contributed by atoms with Crippen molar-refractivity contribution in [3.05, 3.63) is 71.1 Å². The normalized spacial score (nSPS) is 10.0. The average molecular weight is 479 g/mol. The zero-order valence-corrected chi connectivity index (χ0v) is 21.8. The van der Waals surface area contributed by atoms with Crippen LogP contribution in [0.15, 0.2) is 54.0 Å². The smallest absolute Gasteiger partial charge is 0.303 e. The molecule has 0 bridgehead atoms. The lowest BCUT2D eigenvalue weighted by Gasteiger charge is -2.06. The maximum Gasteiger partial charge on any atom is 0.328 e. The molecule has 0 fully saturated rings. The third-order valence-electron chi connectivity index (χ3n) is 4.90. The van der Waals surface area contributed by atoms with Gasteiger partial charge in [0.2, 0.25) is 5.95 Å². The molecule has 1 N–H and O–H groups in total. The lowest BCUT2D eigenvalue weighted by atomic mass is 10.3. The molecule has 0 amide bonds. The summed E-state index contributed by atoms with van der Waals surface area (Å²) in [5, 5.41) is 0. The molecule has 0 aliphatic carbocycles. The van der Waals surface area contributed by atoms with E-state index in [4.69, 9.17) is 0 Å². The van der Waals surface area contributed by atoms with Gasteiger partial charge in [0.1, 0.15) is 11.8 Å². The molecule has 0 radical (unpaired) electrons. The topological polar surface area (TPSA) is 107 Å². The van der Waals surface area contributed by atoms with Gasteiger partial charge in [0, 0.05) is 13.8 Å². The van der Waals surface area contributed by atoms with Gasteiger partial charge in [0.15, 0.2) is 5.65 Å². The van der Waals surface area contributed by atoms with E-state index >= 15 is 0 Å². The van der Waals surface area contributed by atoms with E-state index in [-0.39, 0.29) is 13.7 Å². The molecule has 9 nitrogen and oxygen atoms in total. The second kappa shape index (κ2) is 13.7. The van der Waals surface area contributed by atoms with Crippen LogP contribution in [0.3, 0.4) is 0 Å². The molecular formula is C26H38N8O. The van der Waals surface area contributed by atoms with Gasteiger partial charge in [-0.3, -0.25) is 19.1 Å². The summed E-state index contributed by atoms with van der Waals surface area (Å²) in [5.41, 5.74) is 3.97. The Morgan fingerprint density at radius 2 is 1.69 bits per heavy atom. The first kappa shape index (κ1) is 27.4. The van der Waals surface area contributed by atoms with Crippen molar-refractivity contribution in [2.45, 2.75) is 67.9 Å². The summed E-state index contributed by atoms with van der Waals surface area (Å²) in [6.45, 7) is 14.5. The number of para-hydroxylation sites is 2. The molecule has 0 aliphatic rings. The Bertz CT molecular complexity index is 1370. The van der Waals surface area contributed by atoms with Crippen molar-refractivity contribution in [3.8, 4) is 5.95 Å². The standard InChI is InChI=1S/C18H14N8O.C4H10.2C2H6.H2/c1-11-15-16(25(18(27)23-15)9-12-8-19-6-7-20-12)24-17(22-11)26-10-21-13-4-2-3-5-14(13)26;1-3-4-2;2*1-2;/h2-8,10H,9H2,1H3,(H,23,27);3-4H2,1-2H3;2*1-2H3;1H. The van der Waals surface area contributed by atoms with Crippen LogP contribution in [-0.4, -0.2) is 39.0 Å². The fraction of sp³-hybridized carbons (Fsp3) is 0.385. The molecule has 5 aromatic rings. The van der Waals surface area contributed by atoms with E-state index in [1.54, 1.807) is 24.9 Å². The molecule has 9 heteroatoms. The van der Waals surface area contributed by atoms with Crippen molar-refractivity contribution < 1.29 is 1.43 Å². The van der Waals surface area contributed by atoms with Gasteiger partial charge in [-0.1, -0.05) is 66.5 Å². The summed E-state index contributed by atoms with van der Waals surface area (Å²) >= 11 is 0. The highest BCUT2D eigenvalue weighted by Gasteiger charge is 2.16. The molecule has 35 heavy (non-hydrogen) atoms. The fourth-order valence-electron chi connectivity index (χ4n) is 3.10. The number of imidazole rings is 2. The summed E-state index contributed by atoms with van der Waals surface area (Å²) in [6.07, 6.45) is 9.14. The number of rotatable bonds is 4. The number of hydrogen-bond donors (Lipinski definition) is 1. The minimum atomic E-state index is -0.263. The average Bonchev–Trinajstić information content (AvgIpc) is 3.49. The van der Waals surface area contributed by atoms with Gasteiger partial charge in [0.25, 0.3) is 0 Å². The first-order valence-corrected chi connectivity index (χ1v) is 12.3. The number of aromatic nitrogens is 8. The first-order chi connectivity index (χ1) is 17.1.